The van der Waals surface area contributed by atoms with Crippen LogP contribution in [0.1, 0.15) is 19.3 Å². The molecule has 11 heavy (non-hydrogen) atoms. The predicted molar refractivity (Wildman–Crippen MR) is 50.4 cm³/mol. The van der Waals surface area contributed by atoms with Crippen LogP contribution in [0.3, 0.4) is 0 Å². The summed E-state index contributed by atoms with van der Waals surface area (Å²) >= 11 is 0. The van der Waals surface area contributed by atoms with Gasteiger partial charge < -0.3 is 0 Å². The van der Waals surface area contributed by atoms with Gasteiger partial charge in [0, 0.05) is 0 Å². The summed E-state index contributed by atoms with van der Waals surface area (Å²) in [6.07, 6.45) is 4.73. The van der Waals surface area contributed by atoms with Gasteiger partial charge in [0.1, 0.15) is 0 Å². The van der Waals surface area contributed by atoms with Gasteiger partial charge in [-0.1, -0.05) is 26.1 Å². The van der Waals surface area contributed by atoms with E-state index in [1.165, 1.54) is 17.8 Å². The minimum atomic E-state index is -0.769. The molecule has 2 atom stereocenters. The normalized spacial score (nSPS) is 58.6. The maximum absolute atomic E-state index is 2.59. The van der Waals surface area contributed by atoms with E-state index >= 15 is 0 Å². The van der Waals surface area contributed by atoms with Crippen molar-refractivity contribution in [1.29, 1.82) is 0 Å². The van der Waals surface area contributed by atoms with Crippen LogP contribution in [0.25, 0.3) is 0 Å². The molecule has 0 heterocycles. The third-order valence-electron chi connectivity index (χ3n) is 4.76. The van der Waals surface area contributed by atoms with Gasteiger partial charge in [0.25, 0.3) is 0 Å². The van der Waals surface area contributed by atoms with Crippen LogP contribution in [0.15, 0.2) is 0 Å². The summed E-state index contributed by atoms with van der Waals surface area (Å²) in [5, 5.41) is 1.01. The highest BCUT2D eigenvalue weighted by Gasteiger charge is 2.89. The maximum atomic E-state index is 2.59. The van der Waals surface area contributed by atoms with Gasteiger partial charge in [-0.05, 0) is 35.6 Å². The predicted octanol–water partition coefficient (Wildman–Crippen LogP) is 3.12. The Morgan fingerprint density at radius 3 is 1.91 bits per heavy atom. The van der Waals surface area contributed by atoms with E-state index in [2.05, 4.69) is 19.6 Å². The van der Waals surface area contributed by atoms with Crippen molar-refractivity contribution in [1.82, 2.24) is 0 Å². The molecule has 0 N–H and O–H groups in total. The molecule has 0 nitrogen and oxygen atoms in total. The van der Waals surface area contributed by atoms with Crippen molar-refractivity contribution in [2.24, 2.45) is 17.8 Å². The van der Waals surface area contributed by atoms with Gasteiger partial charge in [0.2, 0.25) is 0 Å². The Kier molecular flexibility index (Phi) is 0.902. The van der Waals surface area contributed by atoms with Gasteiger partial charge in [0.05, 0.1) is 8.07 Å². The summed E-state index contributed by atoms with van der Waals surface area (Å²) in [7, 11) is -0.769. The standard InChI is InChI=1S/C10H18Si/c1-11(2,3)10-7-5-4-6-8(10)9(7)10/h7-9H,4-6H2,1-3H3/t7-,8-,9?,10?/m1/s1. The lowest BCUT2D eigenvalue weighted by Gasteiger charge is -2.32. The van der Waals surface area contributed by atoms with Crippen LogP contribution in [0.2, 0.25) is 24.7 Å². The zero-order chi connectivity index (χ0) is 7.85. The molecule has 0 radical (unpaired) electrons. The maximum Gasteiger partial charge on any atom is 0.0516 e. The van der Waals surface area contributed by atoms with Gasteiger partial charge in [-0.2, -0.15) is 0 Å². The van der Waals surface area contributed by atoms with E-state index in [9.17, 15) is 0 Å². The van der Waals surface area contributed by atoms with Gasteiger partial charge in [-0.25, -0.2) is 0 Å². The summed E-state index contributed by atoms with van der Waals surface area (Å²) in [6, 6.07) is 0. The van der Waals surface area contributed by atoms with Crippen molar-refractivity contribution in [3.05, 3.63) is 0 Å². The first-order valence-electron chi connectivity index (χ1n) is 5.10. The molecule has 0 unspecified atom stereocenters. The molecule has 62 valence electrons. The number of fused-ring (bicyclic) bond motifs is 2. The molecule has 3 fully saturated rings. The molecule has 0 aromatic heterocycles. The Hall–Kier alpha value is 0.217. The van der Waals surface area contributed by atoms with Gasteiger partial charge in [-0.15, -0.1) is 0 Å². The monoisotopic (exact) mass is 166 g/mol. The second-order valence-corrected chi connectivity index (χ2v) is 11.2. The SMILES string of the molecule is C[Si](C)(C)C12C3[C@H]1CCC[C@H]32. The lowest BCUT2D eigenvalue weighted by Crippen LogP contribution is -2.31. The Morgan fingerprint density at radius 1 is 1.09 bits per heavy atom. The van der Waals surface area contributed by atoms with Crippen molar-refractivity contribution in [2.45, 2.75) is 43.9 Å². The van der Waals surface area contributed by atoms with Crippen LogP contribution >= 0.6 is 0 Å². The summed E-state index contributed by atoms with van der Waals surface area (Å²) in [4.78, 5) is 0. The first kappa shape index (κ1) is 6.70. The Balaban J connectivity index is 1.91. The molecule has 0 aliphatic heterocycles. The van der Waals surface area contributed by atoms with Crippen LogP contribution in [-0.4, -0.2) is 8.07 Å². The Morgan fingerprint density at radius 2 is 1.64 bits per heavy atom. The van der Waals surface area contributed by atoms with Crippen molar-refractivity contribution in [2.75, 3.05) is 0 Å². The first-order chi connectivity index (χ1) is 5.10. The molecule has 0 amide bonds. The van der Waals surface area contributed by atoms with Crippen LogP contribution < -0.4 is 0 Å². The summed E-state index contributed by atoms with van der Waals surface area (Å²) in [5.41, 5.74) is 0. The van der Waals surface area contributed by atoms with Gasteiger partial charge in [0.15, 0.2) is 0 Å². The topological polar surface area (TPSA) is 0 Å². The fourth-order valence-electron chi connectivity index (χ4n) is 4.47. The summed E-state index contributed by atoms with van der Waals surface area (Å²) in [5.74, 6) is 3.71. The molecule has 3 aliphatic carbocycles. The molecular weight excluding hydrogens is 148 g/mol. The average Bonchev–Trinajstić information content (AvgIpc) is 2.72. The van der Waals surface area contributed by atoms with Crippen LogP contribution in [0.5, 0.6) is 0 Å². The van der Waals surface area contributed by atoms with E-state index in [0.717, 1.165) is 5.04 Å². The zero-order valence-corrected chi connectivity index (χ0v) is 8.85. The molecule has 0 saturated heterocycles. The quantitative estimate of drug-likeness (QED) is 0.525. The zero-order valence-electron chi connectivity index (χ0n) is 7.85. The minimum Gasteiger partial charge on any atom is -0.0691 e. The second-order valence-electron chi connectivity index (χ2n) is 5.85. The lowest BCUT2D eigenvalue weighted by atomic mass is 9.88. The fraction of sp³-hybridized carbons (Fsp3) is 1.00. The van der Waals surface area contributed by atoms with Crippen LogP contribution in [0.4, 0.5) is 0 Å². The van der Waals surface area contributed by atoms with E-state index in [-0.39, 0.29) is 0 Å². The van der Waals surface area contributed by atoms with E-state index in [0.29, 0.717) is 0 Å². The largest absolute Gasteiger partial charge is 0.0691 e. The molecule has 3 saturated carbocycles. The van der Waals surface area contributed by atoms with Crippen molar-refractivity contribution < 1.29 is 0 Å². The van der Waals surface area contributed by atoms with E-state index in [4.69, 9.17) is 0 Å². The summed E-state index contributed by atoms with van der Waals surface area (Å²) < 4.78 is 0. The third-order valence-corrected chi connectivity index (χ3v) is 8.43. The molecule has 1 heteroatoms. The lowest BCUT2D eigenvalue weighted by molar-refractivity contribution is 0.339. The van der Waals surface area contributed by atoms with E-state index in [1.807, 2.05) is 0 Å². The molecule has 3 rings (SSSR count). The highest BCUT2D eigenvalue weighted by Crippen LogP contribution is 2.97. The number of hydrogen-bond acceptors (Lipinski definition) is 0. The Labute approximate surface area is 70.4 Å². The van der Waals surface area contributed by atoms with Gasteiger partial charge >= 0.3 is 0 Å². The molecular formula is C10H18Si. The van der Waals surface area contributed by atoms with Gasteiger partial charge in [-0.3, -0.25) is 0 Å². The molecule has 0 spiro atoms. The molecule has 3 aliphatic rings. The number of rotatable bonds is 1. The molecule has 0 aromatic rings. The number of hydrogen-bond donors (Lipinski definition) is 0. The first-order valence-corrected chi connectivity index (χ1v) is 8.60. The molecule has 0 bridgehead atoms. The minimum absolute atomic E-state index is 0.769. The highest BCUT2D eigenvalue weighted by atomic mass is 28.3. The fourth-order valence-corrected chi connectivity index (χ4v) is 8.58. The van der Waals surface area contributed by atoms with Crippen molar-refractivity contribution in [3.63, 3.8) is 0 Å². The average molecular weight is 166 g/mol. The van der Waals surface area contributed by atoms with Crippen LogP contribution in [-0.2, 0) is 0 Å². The molecule has 0 aromatic carbocycles. The van der Waals surface area contributed by atoms with Crippen molar-refractivity contribution >= 4 is 8.07 Å². The van der Waals surface area contributed by atoms with Crippen molar-refractivity contribution in [3.8, 4) is 0 Å². The summed E-state index contributed by atoms with van der Waals surface area (Å²) in [6.45, 7) is 7.77. The van der Waals surface area contributed by atoms with Crippen LogP contribution in [0, 0.1) is 17.8 Å². The Bertz CT molecular complexity index is 192. The highest BCUT2D eigenvalue weighted by molar-refractivity contribution is 6.81. The second kappa shape index (κ2) is 1.48. The van der Waals surface area contributed by atoms with E-state index in [1.54, 1.807) is 19.3 Å². The smallest absolute Gasteiger partial charge is 0.0516 e. The van der Waals surface area contributed by atoms with E-state index < -0.39 is 8.07 Å². The third kappa shape index (κ3) is 0.498.